The fraction of sp³-hybridized carbons (Fsp3) is 0.600. The quantitative estimate of drug-likeness (QED) is 0.889. The van der Waals surface area contributed by atoms with Crippen molar-refractivity contribution in [2.24, 2.45) is 0 Å². The number of anilines is 1. The summed E-state index contributed by atoms with van der Waals surface area (Å²) in [4.78, 5) is 2.39. The van der Waals surface area contributed by atoms with E-state index in [1.54, 1.807) is 0 Å². The number of hydrogen-bond donors (Lipinski definition) is 1. The van der Waals surface area contributed by atoms with Crippen LogP contribution in [0.1, 0.15) is 33.1 Å². The maximum Gasteiger partial charge on any atom is 0.0748 e. The molecule has 1 aliphatic heterocycles. The van der Waals surface area contributed by atoms with Gasteiger partial charge in [0, 0.05) is 25.2 Å². The number of rotatable bonds is 4. The molecule has 1 aliphatic rings. The summed E-state index contributed by atoms with van der Waals surface area (Å²) < 4.78 is 0. The first-order valence-electron chi connectivity index (χ1n) is 7.11. The van der Waals surface area contributed by atoms with Crippen molar-refractivity contribution in [1.82, 2.24) is 5.32 Å². The molecule has 1 saturated heterocycles. The Bertz CT molecular complexity index is 402. The van der Waals surface area contributed by atoms with Crippen molar-refractivity contribution in [3.05, 3.63) is 28.2 Å². The lowest BCUT2D eigenvalue weighted by Crippen LogP contribution is -2.56. The van der Waals surface area contributed by atoms with Gasteiger partial charge >= 0.3 is 0 Å². The summed E-state index contributed by atoms with van der Waals surface area (Å²) in [6.07, 6.45) is 3.47. The second kappa shape index (κ2) is 6.83. The molecule has 1 aromatic rings. The molecule has 1 heterocycles. The van der Waals surface area contributed by atoms with Crippen molar-refractivity contribution >= 4 is 28.9 Å². The van der Waals surface area contributed by atoms with Crippen molar-refractivity contribution < 1.29 is 0 Å². The molecule has 106 valence electrons. The summed E-state index contributed by atoms with van der Waals surface area (Å²) >= 11 is 12.7. The van der Waals surface area contributed by atoms with Crippen LogP contribution in [0.15, 0.2) is 18.2 Å². The van der Waals surface area contributed by atoms with Crippen molar-refractivity contribution in [3.8, 4) is 0 Å². The van der Waals surface area contributed by atoms with E-state index < -0.39 is 0 Å². The molecule has 0 bridgehead atoms. The molecule has 1 aromatic carbocycles. The third-order valence-corrected chi connectivity index (χ3v) is 4.44. The topological polar surface area (TPSA) is 15.3 Å². The van der Waals surface area contributed by atoms with E-state index in [2.05, 4.69) is 24.1 Å². The van der Waals surface area contributed by atoms with Gasteiger partial charge in [0.15, 0.2) is 0 Å². The van der Waals surface area contributed by atoms with Gasteiger partial charge < -0.3 is 10.2 Å². The van der Waals surface area contributed by atoms with Gasteiger partial charge in [0.1, 0.15) is 0 Å². The first kappa shape index (κ1) is 15.0. The minimum Gasteiger partial charge on any atom is -0.363 e. The molecule has 1 fully saturated rings. The third-order valence-electron chi connectivity index (χ3n) is 3.83. The number of benzene rings is 1. The molecule has 1 N–H and O–H groups in total. The Morgan fingerprint density at radius 1 is 1.26 bits per heavy atom. The molecular formula is C15H22Cl2N2. The van der Waals surface area contributed by atoms with Gasteiger partial charge in [0.25, 0.3) is 0 Å². The van der Waals surface area contributed by atoms with Crippen LogP contribution in [0.5, 0.6) is 0 Å². The lowest BCUT2D eigenvalue weighted by atomic mass is 10.0. The fourth-order valence-corrected chi connectivity index (χ4v) is 3.42. The second-order valence-corrected chi connectivity index (χ2v) is 5.99. The van der Waals surface area contributed by atoms with Gasteiger partial charge in [0.05, 0.1) is 15.7 Å². The molecule has 0 radical (unpaired) electrons. The third kappa shape index (κ3) is 3.36. The van der Waals surface area contributed by atoms with Gasteiger partial charge in [-0.25, -0.2) is 0 Å². The highest BCUT2D eigenvalue weighted by Gasteiger charge is 2.28. The zero-order valence-electron chi connectivity index (χ0n) is 11.6. The molecule has 2 rings (SSSR count). The maximum absolute atomic E-state index is 6.36. The number of para-hydroxylation sites is 1. The van der Waals surface area contributed by atoms with Crippen LogP contribution in [0.2, 0.25) is 10.0 Å². The lowest BCUT2D eigenvalue weighted by Gasteiger charge is -2.42. The average Bonchev–Trinajstić information content (AvgIpc) is 2.39. The van der Waals surface area contributed by atoms with Crippen LogP contribution in [0, 0.1) is 0 Å². The predicted molar refractivity (Wildman–Crippen MR) is 84.6 cm³/mol. The Labute approximate surface area is 126 Å². The predicted octanol–water partition coefficient (Wildman–Crippen LogP) is 4.35. The van der Waals surface area contributed by atoms with Crippen molar-refractivity contribution in [3.63, 3.8) is 0 Å². The second-order valence-electron chi connectivity index (χ2n) is 5.18. The SMILES string of the molecule is CCCC1CN(c2c(Cl)cccc2Cl)C(CC)CN1. The Kier molecular flexibility index (Phi) is 5.37. The van der Waals surface area contributed by atoms with Crippen LogP contribution in [0.4, 0.5) is 5.69 Å². The number of hydrogen-bond acceptors (Lipinski definition) is 2. The van der Waals surface area contributed by atoms with Gasteiger partial charge in [-0.15, -0.1) is 0 Å². The van der Waals surface area contributed by atoms with E-state index in [0.29, 0.717) is 12.1 Å². The average molecular weight is 301 g/mol. The fourth-order valence-electron chi connectivity index (χ4n) is 2.81. The van der Waals surface area contributed by atoms with E-state index in [4.69, 9.17) is 23.2 Å². The van der Waals surface area contributed by atoms with Crippen LogP contribution in [-0.4, -0.2) is 25.2 Å². The van der Waals surface area contributed by atoms with E-state index in [9.17, 15) is 0 Å². The monoisotopic (exact) mass is 300 g/mol. The van der Waals surface area contributed by atoms with Crippen LogP contribution in [-0.2, 0) is 0 Å². The highest BCUT2D eigenvalue weighted by atomic mass is 35.5. The van der Waals surface area contributed by atoms with Gasteiger partial charge in [0.2, 0.25) is 0 Å². The molecule has 0 aromatic heterocycles. The van der Waals surface area contributed by atoms with Crippen LogP contribution >= 0.6 is 23.2 Å². The molecule has 2 atom stereocenters. The van der Waals surface area contributed by atoms with E-state index in [-0.39, 0.29) is 0 Å². The minimum absolute atomic E-state index is 0.463. The largest absolute Gasteiger partial charge is 0.363 e. The van der Waals surface area contributed by atoms with Gasteiger partial charge in [-0.2, -0.15) is 0 Å². The number of nitrogens with zero attached hydrogens (tertiary/aromatic N) is 1. The Balaban J connectivity index is 2.27. The summed E-state index contributed by atoms with van der Waals surface area (Å²) in [5, 5.41) is 5.14. The normalized spacial score (nSPS) is 23.7. The van der Waals surface area contributed by atoms with E-state index in [1.807, 2.05) is 18.2 Å². The van der Waals surface area contributed by atoms with E-state index in [0.717, 1.165) is 35.2 Å². The molecule has 0 amide bonds. The summed E-state index contributed by atoms with van der Waals surface area (Å²) in [5.74, 6) is 0. The first-order valence-corrected chi connectivity index (χ1v) is 7.87. The standard InChI is InChI=1S/C15H22Cl2N2/c1-3-6-11-10-19(12(4-2)9-18-11)15-13(16)7-5-8-14(15)17/h5,7-8,11-12,18H,3-4,6,9-10H2,1-2H3. The molecular weight excluding hydrogens is 279 g/mol. The lowest BCUT2D eigenvalue weighted by molar-refractivity contribution is 0.369. The van der Waals surface area contributed by atoms with Gasteiger partial charge in [-0.3, -0.25) is 0 Å². The number of halogens is 2. The Hall–Kier alpha value is -0.440. The van der Waals surface area contributed by atoms with E-state index >= 15 is 0 Å². The van der Waals surface area contributed by atoms with Crippen LogP contribution in [0.25, 0.3) is 0 Å². The molecule has 2 unspecified atom stereocenters. The number of nitrogens with one attached hydrogen (secondary N) is 1. The molecule has 0 spiro atoms. The maximum atomic E-state index is 6.36. The Morgan fingerprint density at radius 2 is 1.95 bits per heavy atom. The molecule has 4 heteroatoms. The van der Waals surface area contributed by atoms with Crippen molar-refractivity contribution in [1.29, 1.82) is 0 Å². The highest BCUT2D eigenvalue weighted by molar-refractivity contribution is 6.39. The van der Waals surface area contributed by atoms with Crippen molar-refractivity contribution in [2.75, 3.05) is 18.0 Å². The van der Waals surface area contributed by atoms with Gasteiger partial charge in [-0.05, 0) is 25.0 Å². The summed E-state index contributed by atoms with van der Waals surface area (Å²) in [6, 6.07) is 6.74. The Morgan fingerprint density at radius 3 is 2.53 bits per heavy atom. The summed E-state index contributed by atoms with van der Waals surface area (Å²) in [5.41, 5.74) is 1.00. The smallest absolute Gasteiger partial charge is 0.0748 e. The molecule has 0 saturated carbocycles. The number of piperazine rings is 1. The molecule has 2 nitrogen and oxygen atoms in total. The summed E-state index contributed by atoms with van der Waals surface area (Å²) in [7, 11) is 0. The van der Waals surface area contributed by atoms with E-state index in [1.165, 1.54) is 12.8 Å². The van der Waals surface area contributed by atoms with Gasteiger partial charge in [-0.1, -0.05) is 49.5 Å². The van der Waals surface area contributed by atoms with Crippen LogP contribution in [0.3, 0.4) is 0 Å². The zero-order valence-corrected chi connectivity index (χ0v) is 13.1. The molecule has 19 heavy (non-hydrogen) atoms. The first-order chi connectivity index (χ1) is 9.17. The minimum atomic E-state index is 0.463. The highest BCUT2D eigenvalue weighted by Crippen LogP contribution is 2.36. The molecule has 0 aliphatic carbocycles. The zero-order chi connectivity index (χ0) is 13.8. The van der Waals surface area contributed by atoms with Crippen LogP contribution < -0.4 is 10.2 Å². The summed E-state index contributed by atoms with van der Waals surface area (Å²) in [6.45, 7) is 6.42. The van der Waals surface area contributed by atoms with Crippen molar-refractivity contribution in [2.45, 2.75) is 45.2 Å².